The maximum atomic E-state index is 12.3. The topological polar surface area (TPSA) is 50.8 Å². The fourth-order valence-corrected chi connectivity index (χ4v) is 2.21. The van der Waals surface area contributed by atoms with Crippen LogP contribution in [-0.4, -0.2) is 33.7 Å². The predicted octanol–water partition coefficient (Wildman–Crippen LogP) is 3.29. The van der Waals surface area contributed by atoms with Gasteiger partial charge in [0.05, 0.1) is 7.11 Å². The number of nitrogens with zero attached hydrogens (tertiary/aromatic N) is 1. The van der Waals surface area contributed by atoms with E-state index in [-0.39, 0.29) is 24.0 Å². The van der Waals surface area contributed by atoms with E-state index in [9.17, 15) is 13.6 Å². The summed E-state index contributed by atoms with van der Waals surface area (Å²) in [6.45, 7) is -2.69. The highest BCUT2D eigenvalue weighted by atomic mass is 19.3. The van der Waals surface area contributed by atoms with Crippen LogP contribution in [0.25, 0.3) is 0 Å². The minimum absolute atomic E-state index is 0.0492. The summed E-state index contributed by atoms with van der Waals surface area (Å²) in [6, 6.07) is 11.7. The monoisotopic (exact) mass is 350 g/mol. The van der Waals surface area contributed by atoms with Crippen molar-refractivity contribution in [3.63, 3.8) is 0 Å². The summed E-state index contributed by atoms with van der Waals surface area (Å²) in [5.74, 6) is -0.0913. The normalized spacial score (nSPS) is 10.5. The maximum absolute atomic E-state index is 12.3. The summed E-state index contributed by atoms with van der Waals surface area (Å²) in [5.41, 5.74) is 2.24. The number of hydrogen-bond acceptors (Lipinski definition) is 4. The molecule has 0 radical (unpaired) electrons. The molecule has 0 aliphatic rings. The van der Waals surface area contributed by atoms with E-state index in [1.165, 1.54) is 13.2 Å². The molecule has 134 valence electrons. The van der Waals surface area contributed by atoms with Gasteiger partial charge in [-0.15, -0.1) is 0 Å². The standard InChI is InChI=1S/C18H20F2N2O3/c1-22(2)14-7-5-13(6-8-14)17(23)21-11-12-4-9-15(25-18(19)20)16(10-12)24-3/h4-10,18H,11H2,1-3H3,(H,21,23). The summed E-state index contributed by atoms with van der Waals surface area (Å²) in [7, 11) is 5.20. The van der Waals surface area contributed by atoms with Crippen molar-refractivity contribution in [1.82, 2.24) is 5.32 Å². The summed E-state index contributed by atoms with van der Waals surface area (Å²) < 4.78 is 34.0. The minimum Gasteiger partial charge on any atom is -0.493 e. The first-order chi connectivity index (χ1) is 11.9. The van der Waals surface area contributed by atoms with Crippen LogP contribution in [0, 0.1) is 0 Å². The van der Waals surface area contributed by atoms with E-state index >= 15 is 0 Å². The molecule has 0 heterocycles. The van der Waals surface area contributed by atoms with Crippen molar-refractivity contribution in [2.24, 2.45) is 0 Å². The second kappa shape index (κ2) is 8.32. The molecular weight excluding hydrogens is 330 g/mol. The van der Waals surface area contributed by atoms with Gasteiger partial charge in [0.2, 0.25) is 0 Å². The molecule has 0 unspecified atom stereocenters. The Hall–Kier alpha value is -2.83. The Morgan fingerprint density at radius 3 is 2.36 bits per heavy atom. The molecule has 0 saturated heterocycles. The van der Waals surface area contributed by atoms with E-state index in [4.69, 9.17) is 4.74 Å². The number of nitrogens with one attached hydrogen (secondary N) is 1. The lowest BCUT2D eigenvalue weighted by atomic mass is 10.1. The number of carbonyl (C=O) groups is 1. The molecule has 5 nitrogen and oxygen atoms in total. The molecular formula is C18H20F2N2O3. The lowest BCUT2D eigenvalue weighted by Crippen LogP contribution is -2.22. The van der Waals surface area contributed by atoms with Gasteiger partial charge in [-0.25, -0.2) is 0 Å². The fraction of sp³-hybridized carbons (Fsp3) is 0.278. The first-order valence-electron chi connectivity index (χ1n) is 7.58. The van der Waals surface area contributed by atoms with Gasteiger partial charge in [-0.1, -0.05) is 6.07 Å². The van der Waals surface area contributed by atoms with Crippen LogP contribution in [0.4, 0.5) is 14.5 Å². The second-order valence-corrected chi connectivity index (χ2v) is 5.49. The third kappa shape index (κ3) is 5.07. The van der Waals surface area contributed by atoms with Gasteiger partial charge in [0.25, 0.3) is 5.91 Å². The molecule has 2 aromatic carbocycles. The molecule has 0 aliphatic carbocycles. The van der Waals surface area contributed by atoms with Crippen LogP contribution in [0.15, 0.2) is 42.5 Å². The predicted molar refractivity (Wildman–Crippen MR) is 91.6 cm³/mol. The highest BCUT2D eigenvalue weighted by molar-refractivity contribution is 5.94. The maximum Gasteiger partial charge on any atom is 0.387 e. The van der Waals surface area contributed by atoms with Crippen LogP contribution in [0.5, 0.6) is 11.5 Å². The molecule has 2 aromatic rings. The summed E-state index contributed by atoms with van der Waals surface area (Å²) in [6.07, 6.45) is 0. The Morgan fingerprint density at radius 2 is 1.80 bits per heavy atom. The summed E-state index contributed by atoms with van der Waals surface area (Å²) >= 11 is 0. The van der Waals surface area contributed by atoms with Crippen molar-refractivity contribution in [1.29, 1.82) is 0 Å². The van der Waals surface area contributed by atoms with Gasteiger partial charge < -0.3 is 19.7 Å². The zero-order valence-electron chi connectivity index (χ0n) is 14.3. The van der Waals surface area contributed by atoms with Gasteiger partial charge in [-0.2, -0.15) is 8.78 Å². The zero-order valence-corrected chi connectivity index (χ0v) is 14.3. The van der Waals surface area contributed by atoms with Gasteiger partial charge >= 0.3 is 6.61 Å². The number of amides is 1. The Morgan fingerprint density at radius 1 is 1.12 bits per heavy atom. The quantitative estimate of drug-likeness (QED) is 0.833. The number of ether oxygens (including phenoxy) is 2. The molecule has 0 aromatic heterocycles. The molecule has 2 rings (SSSR count). The van der Waals surface area contributed by atoms with E-state index < -0.39 is 6.61 Å². The molecule has 0 saturated carbocycles. The molecule has 0 bridgehead atoms. The Bertz CT molecular complexity index is 719. The molecule has 0 spiro atoms. The number of benzene rings is 2. The number of methoxy groups -OCH3 is 1. The number of anilines is 1. The van der Waals surface area contributed by atoms with E-state index in [1.54, 1.807) is 24.3 Å². The van der Waals surface area contributed by atoms with Crippen molar-refractivity contribution in [3.8, 4) is 11.5 Å². The molecule has 1 N–H and O–H groups in total. The van der Waals surface area contributed by atoms with Crippen LogP contribution in [0.3, 0.4) is 0 Å². The molecule has 25 heavy (non-hydrogen) atoms. The van der Waals surface area contributed by atoms with Crippen LogP contribution >= 0.6 is 0 Å². The zero-order chi connectivity index (χ0) is 18.4. The number of hydrogen-bond donors (Lipinski definition) is 1. The van der Waals surface area contributed by atoms with Gasteiger partial charge in [-0.05, 0) is 42.0 Å². The SMILES string of the molecule is COc1cc(CNC(=O)c2ccc(N(C)C)cc2)ccc1OC(F)F. The van der Waals surface area contributed by atoms with E-state index in [2.05, 4.69) is 10.1 Å². The van der Waals surface area contributed by atoms with Crippen LogP contribution in [0.2, 0.25) is 0 Å². The van der Waals surface area contributed by atoms with Crippen molar-refractivity contribution in [2.75, 3.05) is 26.1 Å². The molecule has 1 amide bonds. The second-order valence-electron chi connectivity index (χ2n) is 5.49. The van der Waals surface area contributed by atoms with Gasteiger partial charge in [0.15, 0.2) is 11.5 Å². The third-order valence-electron chi connectivity index (χ3n) is 3.54. The van der Waals surface area contributed by atoms with Gasteiger partial charge in [-0.3, -0.25) is 4.79 Å². The molecule has 0 atom stereocenters. The Kier molecular flexibility index (Phi) is 6.16. The Balaban J connectivity index is 2.01. The van der Waals surface area contributed by atoms with Gasteiger partial charge in [0, 0.05) is 31.9 Å². The van der Waals surface area contributed by atoms with Crippen LogP contribution in [0.1, 0.15) is 15.9 Å². The average molecular weight is 350 g/mol. The first-order valence-corrected chi connectivity index (χ1v) is 7.58. The van der Waals surface area contributed by atoms with Crippen molar-refractivity contribution in [2.45, 2.75) is 13.2 Å². The number of carbonyl (C=O) groups excluding carboxylic acids is 1. The van der Waals surface area contributed by atoms with E-state index in [0.717, 1.165) is 5.69 Å². The van der Waals surface area contributed by atoms with Crippen molar-refractivity contribution >= 4 is 11.6 Å². The van der Waals surface area contributed by atoms with Crippen LogP contribution in [-0.2, 0) is 6.54 Å². The van der Waals surface area contributed by atoms with Crippen molar-refractivity contribution in [3.05, 3.63) is 53.6 Å². The number of rotatable bonds is 7. The van der Waals surface area contributed by atoms with E-state index in [1.807, 2.05) is 31.1 Å². The smallest absolute Gasteiger partial charge is 0.387 e. The van der Waals surface area contributed by atoms with Gasteiger partial charge in [0.1, 0.15) is 0 Å². The highest BCUT2D eigenvalue weighted by Crippen LogP contribution is 2.29. The minimum atomic E-state index is -2.93. The number of halogens is 2. The molecule has 0 fully saturated rings. The highest BCUT2D eigenvalue weighted by Gasteiger charge is 2.12. The fourth-order valence-electron chi connectivity index (χ4n) is 2.21. The Labute approximate surface area is 145 Å². The third-order valence-corrected chi connectivity index (χ3v) is 3.54. The number of alkyl halides is 2. The first kappa shape index (κ1) is 18.5. The lowest BCUT2D eigenvalue weighted by Gasteiger charge is -2.13. The average Bonchev–Trinajstić information content (AvgIpc) is 2.60. The van der Waals surface area contributed by atoms with Crippen LogP contribution < -0.4 is 19.7 Å². The molecule has 7 heteroatoms. The van der Waals surface area contributed by atoms with E-state index in [0.29, 0.717) is 11.1 Å². The van der Waals surface area contributed by atoms with Crippen molar-refractivity contribution < 1.29 is 23.0 Å². The molecule has 0 aliphatic heterocycles. The summed E-state index contributed by atoms with van der Waals surface area (Å²) in [4.78, 5) is 14.1. The lowest BCUT2D eigenvalue weighted by molar-refractivity contribution is -0.0512. The summed E-state index contributed by atoms with van der Waals surface area (Å²) in [5, 5.41) is 2.78. The largest absolute Gasteiger partial charge is 0.493 e.